The Morgan fingerprint density at radius 1 is 0.658 bits per heavy atom. The third-order valence-corrected chi connectivity index (χ3v) is 6.59. The minimum absolute atomic E-state index is 0.178. The molecule has 0 unspecified atom stereocenters. The number of hydrogen-bond acceptors (Lipinski definition) is 5. The van der Waals surface area contributed by atoms with E-state index in [1.54, 1.807) is 26.4 Å². The van der Waals surface area contributed by atoms with Gasteiger partial charge in [0.15, 0.2) is 0 Å². The third-order valence-electron chi connectivity index (χ3n) is 5.74. The van der Waals surface area contributed by atoms with E-state index in [2.05, 4.69) is 54.1 Å². The summed E-state index contributed by atoms with van der Waals surface area (Å²) in [6.07, 6.45) is 8.44. The Hall–Kier alpha value is -4.20. The first-order valence-electron chi connectivity index (χ1n) is 11.9. The van der Waals surface area contributed by atoms with E-state index in [-0.39, 0.29) is 4.90 Å². The maximum Gasteiger partial charge on any atom is 0.205 e. The van der Waals surface area contributed by atoms with Crippen LogP contribution in [0.25, 0.3) is 24.3 Å². The van der Waals surface area contributed by atoms with E-state index < -0.39 is 10.1 Å². The van der Waals surface area contributed by atoms with Crippen molar-refractivity contribution in [1.29, 1.82) is 0 Å². The molecule has 4 aromatic rings. The first-order chi connectivity index (χ1) is 18.2. The van der Waals surface area contributed by atoms with Gasteiger partial charge in [0.05, 0.1) is 19.1 Å². The molecule has 38 heavy (non-hydrogen) atoms. The smallest absolute Gasteiger partial charge is 0.205 e. The van der Waals surface area contributed by atoms with Crippen LogP contribution in [0, 0.1) is 6.92 Å². The van der Waals surface area contributed by atoms with Crippen molar-refractivity contribution in [2.75, 3.05) is 14.2 Å². The third kappa shape index (κ3) is 8.44. The van der Waals surface area contributed by atoms with Crippen LogP contribution in [0.2, 0.25) is 0 Å². The molecule has 0 fully saturated rings. The van der Waals surface area contributed by atoms with Crippen molar-refractivity contribution >= 4 is 34.4 Å². The highest BCUT2D eigenvalue weighted by Gasteiger charge is 2.07. The standard InChI is InChI=1S/C24H24NO2.C7H8O3S/c1-25-21(13-7-19-9-15-23(26-2)16-10-19)5-4-6-22(25)14-8-20-11-17-24(27-3)18-12-20;1-6-2-4-7(5-3-6)11(8,9)10/h4-18H,1-3H3;2-5H,1H3,(H,8,9,10)/q+1;/p-1. The number of pyridine rings is 1. The second kappa shape index (κ2) is 13.4. The Bertz CT molecular complexity index is 1410. The van der Waals surface area contributed by atoms with Gasteiger partial charge < -0.3 is 14.0 Å². The lowest BCUT2D eigenvalue weighted by atomic mass is 10.1. The van der Waals surface area contributed by atoms with E-state index in [9.17, 15) is 13.0 Å². The highest BCUT2D eigenvalue weighted by atomic mass is 32.2. The molecular weight excluding hydrogens is 498 g/mol. The van der Waals surface area contributed by atoms with Gasteiger partial charge in [0.2, 0.25) is 11.4 Å². The van der Waals surface area contributed by atoms with Crippen LogP contribution in [0.3, 0.4) is 0 Å². The average molecular weight is 530 g/mol. The molecule has 6 nitrogen and oxygen atoms in total. The second-order valence-corrected chi connectivity index (χ2v) is 9.79. The molecule has 1 aromatic heterocycles. The predicted molar refractivity (Wildman–Crippen MR) is 151 cm³/mol. The number of ether oxygens (including phenoxy) is 2. The molecule has 1 heterocycles. The maximum atomic E-state index is 10.4. The minimum atomic E-state index is -4.27. The van der Waals surface area contributed by atoms with E-state index in [0.717, 1.165) is 39.6 Å². The largest absolute Gasteiger partial charge is 0.744 e. The molecule has 3 aromatic carbocycles. The lowest BCUT2D eigenvalue weighted by Gasteiger charge is -2.05. The molecule has 7 heteroatoms. The monoisotopic (exact) mass is 529 g/mol. The molecule has 0 bridgehead atoms. The van der Waals surface area contributed by atoms with Crippen molar-refractivity contribution in [3.8, 4) is 11.5 Å². The Labute approximate surface area is 224 Å². The first-order valence-corrected chi connectivity index (χ1v) is 13.3. The van der Waals surface area contributed by atoms with Crippen LogP contribution < -0.4 is 14.0 Å². The van der Waals surface area contributed by atoms with Gasteiger partial charge in [0, 0.05) is 24.3 Å². The van der Waals surface area contributed by atoms with E-state index >= 15 is 0 Å². The minimum Gasteiger partial charge on any atom is -0.744 e. The highest BCUT2D eigenvalue weighted by Crippen LogP contribution is 2.15. The topological polar surface area (TPSA) is 79.5 Å². The molecule has 0 spiro atoms. The highest BCUT2D eigenvalue weighted by molar-refractivity contribution is 7.85. The van der Waals surface area contributed by atoms with E-state index in [4.69, 9.17) is 9.47 Å². The predicted octanol–water partition coefficient (Wildman–Crippen LogP) is 5.77. The van der Waals surface area contributed by atoms with Crippen molar-refractivity contribution < 1.29 is 27.0 Å². The first kappa shape index (κ1) is 28.4. The van der Waals surface area contributed by atoms with Crippen molar-refractivity contribution in [2.24, 2.45) is 7.05 Å². The molecule has 0 aliphatic heterocycles. The van der Waals surface area contributed by atoms with Crippen molar-refractivity contribution in [3.63, 3.8) is 0 Å². The fourth-order valence-electron chi connectivity index (χ4n) is 3.45. The second-order valence-electron chi connectivity index (χ2n) is 8.41. The zero-order valence-electron chi connectivity index (χ0n) is 21.9. The van der Waals surface area contributed by atoms with Crippen LogP contribution >= 0.6 is 0 Å². The summed E-state index contributed by atoms with van der Waals surface area (Å²) in [5.41, 5.74) is 5.45. The molecule has 0 saturated heterocycles. The summed E-state index contributed by atoms with van der Waals surface area (Å²) in [5, 5.41) is 0. The number of rotatable bonds is 7. The zero-order chi connectivity index (χ0) is 27.5. The van der Waals surface area contributed by atoms with Gasteiger partial charge >= 0.3 is 0 Å². The van der Waals surface area contributed by atoms with Crippen LogP contribution in [-0.2, 0) is 17.2 Å². The summed E-state index contributed by atoms with van der Waals surface area (Å²) in [6.45, 7) is 1.82. The summed E-state index contributed by atoms with van der Waals surface area (Å²) in [5.74, 6) is 1.73. The molecule has 0 aliphatic carbocycles. The summed E-state index contributed by atoms with van der Waals surface area (Å²) >= 11 is 0. The van der Waals surface area contributed by atoms with Crippen LogP contribution in [0.5, 0.6) is 11.5 Å². The number of nitrogens with zero attached hydrogens (tertiary/aromatic N) is 1. The van der Waals surface area contributed by atoms with E-state index in [1.807, 2.05) is 55.5 Å². The Morgan fingerprint density at radius 3 is 1.45 bits per heavy atom. The van der Waals surface area contributed by atoms with Gasteiger partial charge in [-0.15, -0.1) is 0 Å². The molecule has 0 aliphatic rings. The van der Waals surface area contributed by atoms with Crippen LogP contribution in [0.15, 0.2) is 95.9 Å². The summed E-state index contributed by atoms with van der Waals surface area (Å²) in [7, 11) is 1.15. The Morgan fingerprint density at radius 2 is 1.08 bits per heavy atom. The van der Waals surface area contributed by atoms with Crippen molar-refractivity contribution in [3.05, 3.63) is 119 Å². The normalized spacial score (nSPS) is 11.3. The molecule has 4 rings (SSSR count). The fourth-order valence-corrected chi connectivity index (χ4v) is 3.92. The number of hydrogen-bond donors (Lipinski definition) is 0. The quantitative estimate of drug-likeness (QED) is 0.224. The van der Waals surface area contributed by atoms with Gasteiger partial charge in [-0.3, -0.25) is 0 Å². The van der Waals surface area contributed by atoms with Gasteiger partial charge in [-0.05, 0) is 72.7 Å². The molecule has 0 amide bonds. The van der Waals surface area contributed by atoms with Gasteiger partial charge in [0.1, 0.15) is 28.7 Å². The lowest BCUT2D eigenvalue weighted by Crippen LogP contribution is -2.35. The van der Waals surface area contributed by atoms with E-state index in [0.29, 0.717) is 0 Å². The Balaban J connectivity index is 0.000000304. The average Bonchev–Trinajstić information content (AvgIpc) is 2.92. The van der Waals surface area contributed by atoms with Gasteiger partial charge in [-0.25, -0.2) is 8.42 Å². The van der Waals surface area contributed by atoms with Crippen LogP contribution in [0.1, 0.15) is 28.1 Å². The maximum absolute atomic E-state index is 10.4. The molecule has 0 saturated carbocycles. The van der Waals surface area contributed by atoms with Crippen molar-refractivity contribution in [1.82, 2.24) is 0 Å². The molecule has 196 valence electrons. The lowest BCUT2D eigenvalue weighted by molar-refractivity contribution is -0.675. The van der Waals surface area contributed by atoms with E-state index in [1.165, 1.54) is 12.1 Å². The Kier molecular flexibility index (Phi) is 9.99. The summed E-state index contributed by atoms with van der Waals surface area (Å²) in [4.78, 5) is -0.178. The van der Waals surface area contributed by atoms with Gasteiger partial charge in [0.25, 0.3) is 0 Å². The molecule has 0 atom stereocenters. The van der Waals surface area contributed by atoms with Gasteiger partial charge in [-0.1, -0.05) is 42.0 Å². The van der Waals surface area contributed by atoms with Gasteiger partial charge in [-0.2, -0.15) is 4.57 Å². The zero-order valence-corrected chi connectivity index (χ0v) is 22.7. The molecular formula is C31H31NO5S. The van der Waals surface area contributed by atoms with Crippen molar-refractivity contribution in [2.45, 2.75) is 11.8 Å². The van der Waals surface area contributed by atoms with Crippen LogP contribution in [0.4, 0.5) is 0 Å². The summed E-state index contributed by atoms with van der Waals surface area (Å²) in [6, 6.07) is 28.1. The number of aryl methyl sites for hydroxylation is 1. The van der Waals surface area contributed by atoms with Crippen LogP contribution in [-0.4, -0.2) is 27.2 Å². The fraction of sp³-hybridized carbons (Fsp3) is 0.129. The number of benzene rings is 3. The summed E-state index contributed by atoms with van der Waals surface area (Å²) < 4.78 is 43.7. The number of methoxy groups -OCH3 is 2. The number of aromatic nitrogens is 1. The molecule has 0 radical (unpaired) electrons. The SMILES string of the molecule is COc1ccc(C=Cc2cccc(C=Cc3ccc(OC)cc3)[n+]2C)cc1.Cc1ccc(S(=O)(=O)[O-])cc1. The molecule has 0 N–H and O–H groups in total.